The van der Waals surface area contributed by atoms with E-state index in [2.05, 4.69) is 98.4 Å². The summed E-state index contributed by atoms with van der Waals surface area (Å²) >= 11 is 0. The van der Waals surface area contributed by atoms with E-state index in [-0.39, 0.29) is 5.60 Å². The summed E-state index contributed by atoms with van der Waals surface area (Å²) in [6.45, 7) is 33.4. The van der Waals surface area contributed by atoms with E-state index >= 15 is 0 Å². The zero-order valence-electron chi connectivity index (χ0n) is 29.9. The highest BCUT2D eigenvalue weighted by atomic mass is 28.4. The van der Waals surface area contributed by atoms with E-state index in [0.717, 1.165) is 50.0 Å². The number of rotatable bonds is 13. The van der Waals surface area contributed by atoms with Crippen LogP contribution in [0.2, 0.25) is 58.9 Å². The van der Waals surface area contributed by atoms with Crippen LogP contribution in [0.15, 0.2) is 35.5 Å². The van der Waals surface area contributed by atoms with Gasteiger partial charge in [0.25, 0.3) is 0 Å². The van der Waals surface area contributed by atoms with Crippen molar-refractivity contribution in [2.24, 2.45) is 23.2 Å². The van der Waals surface area contributed by atoms with Gasteiger partial charge in [-0.1, -0.05) is 56.6 Å². The number of hydrogen-bond acceptors (Lipinski definition) is 3. The van der Waals surface area contributed by atoms with E-state index in [1.165, 1.54) is 56.1 Å². The fourth-order valence-corrected chi connectivity index (χ4v) is 12.0. The van der Waals surface area contributed by atoms with Crippen LogP contribution in [0.3, 0.4) is 0 Å². The third-order valence-corrected chi connectivity index (χ3v) is 13.3. The summed E-state index contributed by atoms with van der Waals surface area (Å²) in [6.07, 6.45) is 19.0. The SMILES string of the molecule is C=C1CC[C@H](O[Si](C)(C)C)C/C1=C/C=C1\CCC[C@]2(C)[C@@H]([C@H](C)CCCC(C)(CO[Si](C)(C)C)O[Si](C)(C)C)CC[C@@H]12. The van der Waals surface area contributed by atoms with Crippen LogP contribution in [-0.4, -0.2) is 43.3 Å². The van der Waals surface area contributed by atoms with E-state index in [9.17, 15) is 0 Å². The Hall–Kier alpha value is -0.249. The first-order valence-electron chi connectivity index (χ1n) is 17.3. The molecule has 0 spiro atoms. The number of fused-ring (bicyclic) bond motifs is 1. The fraction of sp³-hybridized carbons (Fsp3) is 0.833. The number of hydrogen-bond donors (Lipinski definition) is 0. The van der Waals surface area contributed by atoms with Crippen molar-refractivity contribution in [3.63, 3.8) is 0 Å². The molecule has 242 valence electrons. The van der Waals surface area contributed by atoms with Crippen molar-refractivity contribution in [1.29, 1.82) is 0 Å². The normalized spacial score (nSPS) is 31.8. The Bertz CT molecular complexity index is 982. The fourth-order valence-electron chi connectivity index (χ4n) is 8.46. The van der Waals surface area contributed by atoms with Gasteiger partial charge in [0.15, 0.2) is 25.0 Å². The molecule has 0 N–H and O–H groups in total. The molecule has 3 saturated carbocycles. The molecule has 3 nitrogen and oxygen atoms in total. The van der Waals surface area contributed by atoms with Crippen LogP contribution in [0.5, 0.6) is 0 Å². The molecule has 3 fully saturated rings. The molecule has 3 aliphatic rings. The molecule has 42 heavy (non-hydrogen) atoms. The molecule has 0 amide bonds. The zero-order valence-corrected chi connectivity index (χ0v) is 32.9. The third-order valence-electron chi connectivity index (χ3n) is 10.1. The lowest BCUT2D eigenvalue weighted by Crippen LogP contribution is -2.46. The van der Waals surface area contributed by atoms with Crippen molar-refractivity contribution in [3.8, 4) is 0 Å². The minimum atomic E-state index is -1.66. The Morgan fingerprint density at radius 1 is 0.952 bits per heavy atom. The Labute approximate surface area is 264 Å². The topological polar surface area (TPSA) is 27.7 Å². The van der Waals surface area contributed by atoms with Crippen molar-refractivity contribution in [2.75, 3.05) is 6.61 Å². The van der Waals surface area contributed by atoms with E-state index < -0.39 is 25.0 Å². The van der Waals surface area contributed by atoms with E-state index in [1.54, 1.807) is 5.57 Å². The van der Waals surface area contributed by atoms with Crippen LogP contribution in [-0.2, 0) is 13.3 Å². The highest BCUT2D eigenvalue weighted by Gasteiger charge is 2.50. The second kappa shape index (κ2) is 14.0. The van der Waals surface area contributed by atoms with E-state index in [0.29, 0.717) is 11.5 Å². The van der Waals surface area contributed by atoms with Crippen LogP contribution in [0.1, 0.15) is 91.4 Å². The lowest BCUT2D eigenvalue weighted by Gasteiger charge is -2.44. The lowest BCUT2D eigenvalue weighted by molar-refractivity contribution is 0.0134. The maximum atomic E-state index is 6.77. The second-order valence-electron chi connectivity index (χ2n) is 17.7. The van der Waals surface area contributed by atoms with Gasteiger partial charge < -0.3 is 13.3 Å². The molecule has 3 aliphatic carbocycles. The van der Waals surface area contributed by atoms with Gasteiger partial charge in [-0.2, -0.15) is 0 Å². The first-order chi connectivity index (χ1) is 19.2. The summed E-state index contributed by atoms with van der Waals surface area (Å²) in [5.74, 6) is 2.32. The predicted molar refractivity (Wildman–Crippen MR) is 191 cm³/mol. The maximum absolute atomic E-state index is 6.77. The highest BCUT2D eigenvalue weighted by Crippen LogP contribution is 2.60. The quantitative estimate of drug-likeness (QED) is 0.189. The molecule has 0 aromatic rings. The Morgan fingerprint density at radius 3 is 2.26 bits per heavy atom. The van der Waals surface area contributed by atoms with Gasteiger partial charge in [-0.05, 0) is 152 Å². The molecule has 3 rings (SSSR count). The molecule has 0 aromatic heterocycles. The van der Waals surface area contributed by atoms with Gasteiger partial charge in [0.1, 0.15) is 0 Å². The average molecular weight is 633 g/mol. The van der Waals surface area contributed by atoms with Crippen molar-refractivity contribution in [3.05, 3.63) is 35.5 Å². The largest absolute Gasteiger partial charge is 0.415 e. The van der Waals surface area contributed by atoms with Gasteiger partial charge in [-0.15, -0.1) is 0 Å². The van der Waals surface area contributed by atoms with Gasteiger partial charge >= 0.3 is 0 Å². The molecule has 0 heterocycles. The zero-order chi connectivity index (χ0) is 31.6. The van der Waals surface area contributed by atoms with Gasteiger partial charge in [-0.3, -0.25) is 0 Å². The average Bonchev–Trinajstić information content (AvgIpc) is 3.18. The minimum Gasteiger partial charge on any atom is -0.415 e. The summed E-state index contributed by atoms with van der Waals surface area (Å²) in [4.78, 5) is 0. The van der Waals surface area contributed by atoms with Crippen LogP contribution in [0.25, 0.3) is 0 Å². The highest BCUT2D eigenvalue weighted by molar-refractivity contribution is 6.70. The van der Waals surface area contributed by atoms with Crippen LogP contribution >= 0.6 is 0 Å². The van der Waals surface area contributed by atoms with Gasteiger partial charge in [0.2, 0.25) is 0 Å². The van der Waals surface area contributed by atoms with Crippen molar-refractivity contribution >= 4 is 25.0 Å². The molecule has 6 atom stereocenters. The van der Waals surface area contributed by atoms with E-state index in [1.807, 2.05) is 0 Å². The van der Waals surface area contributed by atoms with Crippen LogP contribution in [0, 0.1) is 23.2 Å². The Kier molecular flexibility index (Phi) is 12.1. The molecule has 0 aliphatic heterocycles. The lowest BCUT2D eigenvalue weighted by atomic mass is 9.60. The maximum Gasteiger partial charge on any atom is 0.184 e. The molecule has 1 unspecified atom stereocenters. The number of allylic oxidation sites excluding steroid dienone is 4. The first kappa shape index (κ1) is 36.2. The van der Waals surface area contributed by atoms with Gasteiger partial charge in [0, 0.05) is 6.10 Å². The van der Waals surface area contributed by atoms with Crippen molar-refractivity contribution in [1.82, 2.24) is 0 Å². The second-order valence-corrected chi connectivity index (χ2v) is 31.1. The molecule has 0 radical (unpaired) electrons. The summed E-state index contributed by atoms with van der Waals surface area (Å²) in [7, 11) is -4.76. The van der Waals surface area contributed by atoms with Crippen molar-refractivity contribution < 1.29 is 13.3 Å². The summed E-state index contributed by atoms with van der Waals surface area (Å²) in [6, 6.07) is 0. The molecular formula is C36H68O3Si3. The van der Waals surface area contributed by atoms with Crippen molar-refractivity contribution in [2.45, 2.75) is 162 Å². The smallest absolute Gasteiger partial charge is 0.184 e. The summed E-state index contributed by atoms with van der Waals surface area (Å²) in [5.41, 5.74) is 4.76. The Balaban J connectivity index is 1.65. The molecule has 6 heteroatoms. The van der Waals surface area contributed by atoms with Gasteiger partial charge in [0.05, 0.1) is 12.2 Å². The summed E-state index contributed by atoms with van der Waals surface area (Å²) in [5, 5.41) is 0. The van der Waals surface area contributed by atoms with Crippen LogP contribution in [0.4, 0.5) is 0 Å². The molecule has 0 aromatic carbocycles. The third kappa shape index (κ3) is 10.7. The Morgan fingerprint density at radius 2 is 1.64 bits per heavy atom. The van der Waals surface area contributed by atoms with Crippen LogP contribution < -0.4 is 0 Å². The van der Waals surface area contributed by atoms with E-state index in [4.69, 9.17) is 13.3 Å². The molecular weight excluding hydrogens is 565 g/mol. The van der Waals surface area contributed by atoms with Gasteiger partial charge in [-0.25, -0.2) is 0 Å². The summed E-state index contributed by atoms with van der Waals surface area (Å²) < 4.78 is 19.7. The standard InChI is InChI=1S/C36H68O3Si3/c1-28-18-21-32(38-41(8,9)10)26-31(28)20-19-30-17-15-25-36(4)33(22-23-34(30)36)29(2)16-14-24-35(3,39-42(11,12)13)27-37-40(5,6)7/h19-20,29,32-34H,1,14-18,21-27H2,2-13H3/b30-19+,31-20-/t29-,32+,33-,34+,35?,36-/m1/s1. The molecule has 0 bridgehead atoms. The predicted octanol–water partition coefficient (Wildman–Crippen LogP) is 11.3. The molecule has 0 saturated heterocycles. The first-order valence-corrected chi connectivity index (χ1v) is 27.5. The minimum absolute atomic E-state index is 0.164. The monoisotopic (exact) mass is 632 g/mol.